The first-order valence-corrected chi connectivity index (χ1v) is 6.09. The molecule has 0 aliphatic rings. The molecular formula is C14H18N2O2. The number of rotatable bonds is 6. The second-order valence-corrected chi connectivity index (χ2v) is 4.40. The second-order valence-electron chi connectivity index (χ2n) is 4.40. The van der Waals surface area contributed by atoms with Crippen LogP contribution >= 0.6 is 0 Å². The van der Waals surface area contributed by atoms with Crippen LogP contribution in [0, 0.1) is 0 Å². The van der Waals surface area contributed by atoms with Gasteiger partial charge in [0.25, 0.3) is 0 Å². The summed E-state index contributed by atoms with van der Waals surface area (Å²) in [5, 5.41) is 13.3. The Bertz CT molecular complexity index is 442. The molecule has 18 heavy (non-hydrogen) atoms. The van der Waals surface area contributed by atoms with Crippen molar-refractivity contribution in [2.24, 2.45) is 0 Å². The van der Waals surface area contributed by atoms with Gasteiger partial charge in [0.05, 0.1) is 6.26 Å². The lowest BCUT2D eigenvalue weighted by Gasteiger charge is -2.16. The monoisotopic (exact) mass is 246 g/mol. The fraction of sp³-hybridized carbons (Fsp3) is 0.357. The van der Waals surface area contributed by atoms with Crippen LogP contribution in [0.1, 0.15) is 30.8 Å². The van der Waals surface area contributed by atoms with Crippen molar-refractivity contribution < 1.29 is 9.52 Å². The van der Waals surface area contributed by atoms with Gasteiger partial charge in [-0.3, -0.25) is 4.98 Å². The van der Waals surface area contributed by atoms with Crippen molar-refractivity contribution in [3.8, 4) is 0 Å². The highest BCUT2D eigenvalue weighted by molar-refractivity contribution is 5.09. The minimum atomic E-state index is -0.556. The summed E-state index contributed by atoms with van der Waals surface area (Å²) in [6.45, 7) is 2.82. The Kier molecular flexibility index (Phi) is 4.50. The average Bonchev–Trinajstić information content (AvgIpc) is 2.91. The summed E-state index contributed by atoms with van der Waals surface area (Å²) in [5.41, 5.74) is 1.18. The van der Waals surface area contributed by atoms with Gasteiger partial charge in [0, 0.05) is 25.0 Å². The third-order valence-corrected chi connectivity index (χ3v) is 2.85. The molecule has 2 aromatic heterocycles. The Morgan fingerprint density at radius 1 is 1.33 bits per heavy atom. The first kappa shape index (κ1) is 12.8. The smallest absolute Gasteiger partial charge is 0.132 e. The molecule has 0 fully saturated rings. The first-order chi connectivity index (χ1) is 8.75. The minimum absolute atomic E-state index is 0.207. The summed E-state index contributed by atoms with van der Waals surface area (Å²) in [6, 6.07) is 7.73. The van der Waals surface area contributed by atoms with Crippen LogP contribution in [0.2, 0.25) is 0 Å². The predicted molar refractivity (Wildman–Crippen MR) is 68.8 cm³/mol. The molecule has 0 spiro atoms. The molecule has 96 valence electrons. The summed E-state index contributed by atoms with van der Waals surface area (Å²) in [7, 11) is 0. The summed E-state index contributed by atoms with van der Waals surface area (Å²) in [6.07, 6.45) is 5.20. The maximum atomic E-state index is 9.93. The fourth-order valence-electron chi connectivity index (χ4n) is 1.81. The van der Waals surface area contributed by atoms with E-state index in [1.165, 1.54) is 5.56 Å². The molecule has 2 rings (SSSR count). The first-order valence-electron chi connectivity index (χ1n) is 6.09. The van der Waals surface area contributed by atoms with Gasteiger partial charge in [0.1, 0.15) is 11.9 Å². The lowest BCUT2D eigenvalue weighted by atomic mass is 10.1. The zero-order valence-corrected chi connectivity index (χ0v) is 10.4. The van der Waals surface area contributed by atoms with Crippen molar-refractivity contribution >= 4 is 0 Å². The standard InChI is InChI=1S/C14H18N2O2/c1-11(9-13(17)14-3-2-8-18-14)16-10-12-4-6-15-7-5-12/h2-8,11,13,16-17H,9-10H2,1H3. The molecule has 0 aliphatic carbocycles. The summed E-state index contributed by atoms with van der Waals surface area (Å²) >= 11 is 0. The quantitative estimate of drug-likeness (QED) is 0.821. The number of nitrogens with one attached hydrogen (secondary N) is 1. The van der Waals surface area contributed by atoms with E-state index in [0.717, 1.165) is 6.54 Å². The average molecular weight is 246 g/mol. The predicted octanol–water partition coefficient (Wildman–Crippen LogP) is 2.28. The van der Waals surface area contributed by atoms with E-state index in [9.17, 15) is 5.11 Å². The van der Waals surface area contributed by atoms with E-state index < -0.39 is 6.10 Å². The number of furan rings is 1. The van der Waals surface area contributed by atoms with Crippen molar-refractivity contribution in [1.82, 2.24) is 10.3 Å². The van der Waals surface area contributed by atoms with E-state index in [4.69, 9.17) is 4.42 Å². The van der Waals surface area contributed by atoms with Crippen LogP contribution in [0.15, 0.2) is 47.3 Å². The van der Waals surface area contributed by atoms with Crippen LogP contribution in [0.4, 0.5) is 0 Å². The van der Waals surface area contributed by atoms with E-state index in [1.807, 2.05) is 19.1 Å². The highest BCUT2D eigenvalue weighted by atomic mass is 16.4. The molecule has 2 N–H and O–H groups in total. The molecule has 0 saturated heterocycles. The van der Waals surface area contributed by atoms with Gasteiger partial charge in [-0.15, -0.1) is 0 Å². The van der Waals surface area contributed by atoms with E-state index in [1.54, 1.807) is 30.8 Å². The van der Waals surface area contributed by atoms with Gasteiger partial charge in [0.2, 0.25) is 0 Å². The summed E-state index contributed by atoms with van der Waals surface area (Å²) in [4.78, 5) is 3.97. The third kappa shape index (κ3) is 3.68. The molecule has 0 aliphatic heterocycles. The maximum absolute atomic E-state index is 9.93. The van der Waals surface area contributed by atoms with Crippen molar-refractivity contribution in [1.29, 1.82) is 0 Å². The topological polar surface area (TPSA) is 58.3 Å². The lowest BCUT2D eigenvalue weighted by molar-refractivity contribution is 0.128. The normalized spacial score (nSPS) is 14.3. The Morgan fingerprint density at radius 3 is 2.78 bits per heavy atom. The van der Waals surface area contributed by atoms with E-state index in [-0.39, 0.29) is 6.04 Å². The molecule has 0 aromatic carbocycles. The van der Waals surface area contributed by atoms with Gasteiger partial charge in [-0.25, -0.2) is 0 Å². The molecule has 0 amide bonds. The molecule has 0 saturated carbocycles. The molecule has 0 radical (unpaired) electrons. The van der Waals surface area contributed by atoms with Crippen LogP contribution in [0.25, 0.3) is 0 Å². The SMILES string of the molecule is CC(CC(O)c1ccco1)NCc1ccncc1. The fourth-order valence-corrected chi connectivity index (χ4v) is 1.81. The highest BCUT2D eigenvalue weighted by Gasteiger charge is 2.14. The number of nitrogens with zero attached hydrogens (tertiary/aromatic N) is 1. The van der Waals surface area contributed by atoms with E-state index >= 15 is 0 Å². The van der Waals surface area contributed by atoms with Crippen molar-refractivity contribution in [3.63, 3.8) is 0 Å². The molecule has 2 unspecified atom stereocenters. The number of aliphatic hydroxyl groups excluding tert-OH is 1. The van der Waals surface area contributed by atoms with Crippen LogP contribution in [-0.2, 0) is 6.54 Å². The summed E-state index contributed by atoms with van der Waals surface area (Å²) in [5.74, 6) is 0.618. The van der Waals surface area contributed by atoms with Gasteiger partial charge in [-0.2, -0.15) is 0 Å². The number of hydrogen-bond acceptors (Lipinski definition) is 4. The number of aliphatic hydroxyl groups is 1. The molecule has 2 aromatic rings. The van der Waals surface area contributed by atoms with Crippen LogP contribution < -0.4 is 5.32 Å². The number of pyridine rings is 1. The molecule has 4 heteroatoms. The van der Waals surface area contributed by atoms with Crippen LogP contribution in [0.5, 0.6) is 0 Å². The second kappa shape index (κ2) is 6.33. The molecule has 2 atom stereocenters. The molecule has 2 heterocycles. The Morgan fingerprint density at radius 2 is 2.11 bits per heavy atom. The zero-order chi connectivity index (χ0) is 12.8. The van der Waals surface area contributed by atoms with Crippen molar-refractivity contribution in [3.05, 3.63) is 54.2 Å². The van der Waals surface area contributed by atoms with Gasteiger partial charge in [-0.1, -0.05) is 0 Å². The molecule has 4 nitrogen and oxygen atoms in total. The Labute approximate surface area is 107 Å². The third-order valence-electron chi connectivity index (χ3n) is 2.85. The largest absolute Gasteiger partial charge is 0.467 e. The van der Waals surface area contributed by atoms with Crippen LogP contribution in [0.3, 0.4) is 0 Å². The van der Waals surface area contributed by atoms with E-state index in [2.05, 4.69) is 10.3 Å². The number of hydrogen-bond donors (Lipinski definition) is 2. The summed E-state index contributed by atoms with van der Waals surface area (Å²) < 4.78 is 5.17. The Balaban J connectivity index is 1.77. The zero-order valence-electron chi connectivity index (χ0n) is 10.4. The molecular weight excluding hydrogens is 228 g/mol. The van der Waals surface area contributed by atoms with Gasteiger partial charge in [0.15, 0.2) is 0 Å². The van der Waals surface area contributed by atoms with Crippen molar-refractivity contribution in [2.75, 3.05) is 0 Å². The maximum Gasteiger partial charge on any atom is 0.132 e. The van der Waals surface area contributed by atoms with E-state index in [0.29, 0.717) is 12.2 Å². The van der Waals surface area contributed by atoms with Crippen molar-refractivity contribution in [2.45, 2.75) is 32.0 Å². The van der Waals surface area contributed by atoms with Crippen LogP contribution in [-0.4, -0.2) is 16.1 Å². The van der Waals surface area contributed by atoms with Gasteiger partial charge in [-0.05, 0) is 43.2 Å². The molecule has 0 bridgehead atoms. The Hall–Kier alpha value is -1.65. The van der Waals surface area contributed by atoms with Gasteiger partial charge < -0.3 is 14.8 Å². The minimum Gasteiger partial charge on any atom is -0.467 e. The lowest BCUT2D eigenvalue weighted by Crippen LogP contribution is -2.27. The highest BCUT2D eigenvalue weighted by Crippen LogP contribution is 2.18. The van der Waals surface area contributed by atoms with Gasteiger partial charge >= 0.3 is 0 Å². The number of aromatic nitrogens is 1.